The predicted octanol–water partition coefficient (Wildman–Crippen LogP) is 2.51. The molecule has 1 aliphatic heterocycles. The van der Waals surface area contributed by atoms with E-state index in [-0.39, 0.29) is 11.8 Å². The third-order valence-electron chi connectivity index (χ3n) is 8.89. The molecule has 1 N–H and O–H groups in total. The molecule has 32 heavy (non-hydrogen) atoms. The van der Waals surface area contributed by atoms with Crippen molar-refractivity contribution in [3.05, 3.63) is 23.7 Å². The van der Waals surface area contributed by atoms with Crippen LogP contribution in [0.3, 0.4) is 0 Å². The number of aliphatic hydroxyl groups is 1. The minimum Gasteiger partial charge on any atom is -0.469 e. The molecule has 8 heteroatoms. The van der Waals surface area contributed by atoms with Gasteiger partial charge in [-0.05, 0) is 30.2 Å². The lowest BCUT2D eigenvalue weighted by atomic mass is 9.39. The standard InChI is InChI=1S/C24H30O8/c1-11(25)30-16-6-8-22(3,4)24(28)20(31-12(2)26)19-18-14(23(16,24)5)10-15-13(7-9-29-15)17(18)21(27)32-19/h7,9,14,16-20,28H,6,8,10H2,1-5H3/t14-,16-,17+,18+,19+,20-,23-,24+/m0/s1. The van der Waals surface area contributed by atoms with Gasteiger partial charge in [0.2, 0.25) is 0 Å². The highest BCUT2D eigenvalue weighted by Crippen LogP contribution is 2.69. The van der Waals surface area contributed by atoms with E-state index in [9.17, 15) is 19.5 Å². The summed E-state index contributed by atoms with van der Waals surface area (Å²) in [6, 6.07) is 1.79. The van der Waals surface area contributed by atoms with Gasteiger partial charge in [-0.2, -0.15) is 0 Å². The van der Waals surface area contributed by atoms with Gasteiger partial charge in [-0.15, -0.1) is 0 Å². The van der Waals surface area contributed by atoms with Crippen molar-refractivity contribution in [2.24, 2.45) is 22.7 Å². The number of ether oxygens (including phenoxy) is 3. The molecule has 0 amide bonds. The summed E-state index contributed by atoms with van der Waals surface area (Å²) in [5.41, 5.74) is -2.56. The Balaban J connectivity index is 1.77. The van der Waals surface area contributed by atoms with Gasteiger partial charge < -0.3 is 23.7 Å². The molecule has 8 nitrogen and oxygen atoms in total. The van der Waals surface area contributed by atoms with E-state index in [0.717, 1.165) is 5.56 Å². The largest absolute Gasteiger partial charge is 0.469 e. The third-order valence-corrected chi connectivity index (χ3v) is 8.89. The van der Waals surface area contributed by atoms with Crippen molar-refractivity contribution in [2.45, 2.75) is 83.7 Å². The number of esters is 3. The van der Waals surface area contributed by atoms with Gasteiger partial charge in [0.05, 0.1) is 12.2 Å². The van der Waals surface area contributed by atoms with Crippen LogP contribution in [0, 0.1) is 22.7 Å². The molecule has 8 atom stereocenters. The number of carbonyl (C=O) groups is 3. The molecule has 1 aromatic heterocycles. The van der Waals surface area contributed by atoms with E-state index in [4.69, 9.17) is 18.6 Å². The van der Waals surface area contributed by atoms with Gasteiger partial charge in [0.25, 0.3) is 0 Å². The fourth-order valence-electron chi connectivity index (χ4n) is 7.55. The van der Waals surface area contributed by atoms with Gasteiger partial charge in [0.15, 0.2) is 6.10 Å². The van der Waals surface area contributed by atoms with E-state index >= 15 is 0 Å². The molecule has 174 valence electrons. The number of hydrogen-bond donors (Lipinski definition) is 1. The maximum Gasteiger partial charge on any atom is 0.314 e. The molecular formula is C24H30O8. The molecule has 3 aliphatic carbocycles. The Kier molecular flexibility index (Phi) is 4.43. The van der Waals surface area contributed by atoms with Gasteiger partial charge in [-0.3, -0.25) is 14.4 Å². The zero-order chi connectivity index (χ0) is 23.2. The average molecular weight is 446 g/mol. The van der Waals surface area contributed by atoms with E-state index in [0.29, 0.717) is 25.0 Å². The molecule has 0 spiro atoms. The molecular weight excluding hydrogens is 416 g/mol. The number of carbonyl (C=O) groups excluding carboxylic acids is 3. The van der Waals surface area contributed by atoms with Crippen molar-refractivity contribution >= 4 is 17.9 Å². The summed E-state index contributed by atoms with van der Waals surface area (Å²) in [6.45, 7) is 8.42. The van der Waals surface area contributed by atoms with E-state index in [1.807, 2.05) is 20.8 Å². The lowest BCUT2D eigenvalue weighted by molar-refractivity contribution is -0.331. The number of hydrogen-bond acceptors (Lipinski definition) is 8. The third kappa shape index (κ3) is 2.44. The SMILES string of the molecule is CC(=O)O[C@H]1CCC(C)(C)[C@]2(O)[C@@H](OC(C)=O)[C@@H]3OC(=O)[C@@H]4c5ccoc5C[C@@H]([C@@H]34)[C@@]12C. The van der Waals surface area contributed by atoms with E-state index < -0.39 is 58.6 Å². The van der Waals surface area contributed by atoms with Crippen LogP contribution >= 0.6 is 0 Å². The van der Waals surface area contributed by atoms with Crippen LogP contribution in [0.25, 0.3) is 0 Å². The summed E-state index contributed by atoms with van der Waals surface area (Å²) >= 11 is 0. The van der Waals surface area contributed by atoms with Gasteiger partial charge in [0, 0.05) is 37.2 Å². The Morgan fingerprint density at radius 1 is 1.16 bits per heavy atom. The summed E-state index contributed by atoms with van der Waals surface area (Å²) in [6.07, 6.45) is 0.638. The van der Waals surface area contributed by atoms with Gasteiger partial charge in [-0.25, -0.2) is 0 Å². The molecule has 0 aromatic carbocycles. The Morgan fingerprint density at radius 2 is 1.84 bits per heavy atom. The highest BCUT2D eigenvalue weighted by Gasteiger charge is 2.79. The smallest absolute Gasteiger partial charge is 0.314 e. The lowest BCUT2D eigenvalue weighted by Gasteiger charge is -2.68. The Hall–Kier alpha value is -2.35. The zero-order valence-electron chi connectivity index (χ0n) is 19.0. The first-order valence-corrected chi connectivity index (χ1v) is 11.3. The summed E-state index contributed by atoms with van der Waals surface area (Å²) < 4.78 is 23.2. The molecule has 2 heterocycles. The second-order valence-corrected chi connectivity index (χ2v) is 10.7. The van der Waals surface area contributed by atoms with Crippen molar-refractivity contribution in [1.29, 1.82) is 0 Å². The summed E-state index contributed by atoms with van der Waals surface area (Å²) in [5, 5.41) is 12.6. The minimum absolute atomic E-state index is 0.289. The van der Waals surface area contributed by atoms with Gasteiger partial charge in [-0.1, -0.05) is 20.8 Å². The second-order valence-electron chi connectivity index (χ2n) is 10.7. The minimum atomic E-state index is -1.62. The van der Waals surface area contributed by atoms with E-state index in [1.54, 1.807) is 12.3 Å². The van der Waals surface area contributed by atoms with Crippen LogP contribution in [-0.4, -0.2) is 46.9 Å². The molecule has 1 aromatic rings. The maximum atomic E-state index is 13.1. The van der Waals surface area contributed by atoms with Crippen molar-refractivity contribution in [2.75, 3.05) is 0 Å². The molecule has 0 unspecified atom stereocenters. The Bertz CT molecular complexity index is 994. The summed E-state index contributed by atoms with van der Waals surface area (Å²) in [7, 11) is 0. The number of rotatable bonds is 2. The van der Waals surface area contributed by atoms with Crippen LogP contribution in [-0.2, 0) is 35.0 Å². The second kappa shape index (κ2) is 6.59. The van der Waals surface area contributed by atoms with E-state index in [2.05, 4.69) is 0 Å². The van der Waals surface area contributed by atoms with Gasteiger partial charge >= 0.3 is 17.9 Å². The van der Waals surface area contributed by atoms with Crippen LogP contribution in [0.1, 0.15) is 64.7 Å². The molecule has 2 saturated carbocycles. The topological polar surface area (TPSA) is 112 Å². The van der Waals surface area contributed by atoms with Crippen molar-refractivity contribution < 1.29 is 38.1 Å². The van der Waals surface area contributed by atoms with Crippen LogP contribution in [0.4, 0.5) is 0 Å². The summed E-state index contributed by atoms with van der Waals surface area (Å²) in [5.74, 6) is -1.92. The number of fused-ring (bicyclic) bond motifs is 4. The predicted molar refractivity (Wildman–Crippen MR) is 109 cm³/mol. The van der Waals surface area contributed by atoms with E-state index in [1.165, 1.54) is 13.8 Å². The lowest BCUT2D eigenvalue weighted by Crippen LogP contribution is -2.79. The highest BCUT2D eigenvalue weighted by molar-refractivity contribution is 5.82. The molecule has 0 radical (unpaired) electrons. The molecule has 1 saturated heterocycles. The Labute approximate surface area is 186 Å². The zero-order valence-corrected chi connectivity index (χ0v) is 19.0. The highest BCUT2D eigenvalue weighted by atomic mass is 16.6. The number of furan rings is 1. The molecule has 5 rings (SSSR count). The molecule has 4 aliphatic rings. The maximum absolute atomic E-state index is 13.1. The molecule has 3 fully saturated rings. The average Bonchev–Trinajstić information content (AvgIpc) is 3.29. The van der Waals surface area contributed by atoms with Gasteiger partial charge in [0.1, 0.15) is 23.6 Å². The first kappa shape index (κ1) is 21.5. The fourth-order valence-corrected chi connectivity index (χ4v) is 7.55. The van der Waals surface area contributed by atoms with Crippen LogP contribution in [0.15, 0.2) is 16.7 Å². The first-order chi connectivity index (χ1) is 14.9. The molecule has 0 bridgehead atoms. The first-order valence-electron chi connectivity index (χ1n) is 11.3. The van der Waals surface area contributed by atoms with Crippen LogP contribution in [0.5, 0.6) is 0 Å². The quantitative estimate of drug-likeness (QED) is 0.545. The monoisotopic (exact) mass is 446 g/mol. The Morgan fingerprint density at radius 3 is 2.50 bits per heavy atom. The van der Waals surface area contributed by atoms with Crippen molar-refractivity contribution in [1.82, 2.24) is 0 Å². The van der Waals surface area contributed by atoms with Crippen molar-refractivity contribution in [3.8, 4) is 0 Å². The fraction of sp³-hybridized carbons (Fsp3) is 0.708. The van der Waals surface area contributed by atoms with Crippen molar-refractivity contribution in [3.63, 3.8) is 0 Å². The van der Waals surface area contributed by atoms with Crippen LogP contribution in [0.2, 0.25) is 0 Å². The normalized spacial score (nSPS) is 43.4. The van der Waals surface area contributed by atoms with Crippen LogP contribution < -0.4 is 0 Å². The summed E-state index contributed by atoms with van der Waals surface area (Å²) in [4.78, 5) is 37.4.